The predicted molar refractivity (Wildman–Crippen MR) is 57.7 cm³/mol. The second-order valence-electron chi connectivity index (χ2n) is 3.97. The molecule has 2 N–H and O–H groups in total. The van der Waals surface area contributed by atoms with Crippen molar-refractivity contribution < 1.29 is 62.2 Å². The zero-order chi connectivity index (χ0) is 9.97. The molecule has 0 bridgehead atoms. The topological polar surface area (TPSA) is 26.0 Å². The van der Waals surface area contributed by atoms with Crippen LogP contribution in [0.4, 0.5) is 0 Å². The molecule has 1 aliphatic carbocycles. The molecule has 1 atom stereocenters. The first-order valence-corrected chi connectivity index (χ1v) is 5.12. The summed E-state index contributed by atoms with van der Waals surface area (Å²) in [4.78, 5) is 0. The second-order valence-corrected chi connectivity index (χ2v) is 3.97. The van der Waals surface area contributed by atoms with Crippen molar-refractivity contribution in [1.29, 1.82) is 0 Å². The first-order chi connectivity index (χ1) is 6.81. The summed E-state index contributed by atoms with van der Waals surface area (Å²) < 4.78 is 0. The minimum atomic E-state index is 0. The van der Waals surface area contributed by atoms with Gasteiger partial charge in [0.05, 0.1) is 0 Å². The maximum absolute atomic E-state index is 5.26. The van der Waals surface area contributed by atoms with Gasteiger partial charge in [-0.1, -0.05) is 12.8 Å². The molecule has 16 heavy (non-hydrogen) atoms. The third-order valence-electron chi connectivity index (χ3n) is 2.74. The fourth-order valence-corrected chi connectivity index (χ4v) is 1.66. The number of rotatable bonds is 3. The van der Waals surface area contributed by atoms with Crippen molar-refractivity contribution in [3.8, 4) is 0 Å². The first-order valence-electron chi connectivity index (χ1n) is 5.12. The number of nitrogens with two attached hydrogens (primary N) is 1. The van der Waals surface area contributed by atoms with Crippen molar-refractivity contribution in [2.24, 2.45) is 5.73 Å². The third-order valence-corrected chi connectivity index (χ3v) is 2.74. The summed E-state index contributed by atoms with van der Waals surface area (Å²) in [6.07, 6.45) is 7.14. The van der Waals surface area contributed by atoms with Gasteiger partial charge >= 0.3 is 0 Å². The molecular formula is C13H15NU2-2. The Hall–Kier alpha value is 0.864. The smallest absolute Gasteiger partial charge is 0 e. The zero-order valence-electron chi connectivity index (χ0n) is 9.46. The van der Waals surface area contributed by atoms with Gasteiger partial charge in [-0.15, -0.1) is 0 Å². The van der Waals surface area contributed by atoms with Crippen LogP contribution in [0.25, 0.3) is 0 Å². The van der Waals surface area contributed by atoms with Crippen LogP contribution in [0.15, 0.2) is 24.3 Å². The van der Waals surface area contributed by atoms with Crippen LogP contribution >= 0.6 is 0 Å². The van der Waals surface area contributed by atoms with Gasteiger partial charge in [0.1, 0.15) is 0 Å². The van der Waals surface area contributed by atoms with E-state index in [1.54, 1.807) is 0 Å². The van der Waals surface area contributed by atoms with Gasteiger partial charge < -0.3 is 11.9 Å². The van der Waals surface area contributed by atoms with E-state index in [1.165, 1.54) is 24.0 Å². The number of allylic oxidation sites excluding steroid dienone is 1. The molecule has 0 amide bonds. The second kappa shape index (κ2) is 8.05. The van der Waals surface area contributed by atoms with E-state index in [0.29, 0.717) is 5.92 Å². The Bertz CT molecular complexity index is 346. The summed E-state index contributed by atoms with van der Waals surface area (Å²) in [5.41, 5.74) is 7.93. The van der Waals surface area contributed by atoms with Crippen molar-refractivity contribution in [1.82, 2.24) is 0 Å². The summed E-state index contributed by atoms with van der Waals surface area (Å²) in [6.45, 7) is 2.13. The minimum Gasteiger partial charge on any atom is -0.580 e. The Labute approximate surface area is 145 Å². The van der Waals surface area contributed by atoms with Gasteiger partial charge in [-0.3, -0.25) is 0 Å². The van der Waals surface area contributed by atoms with Gasteiger partial charge in [0.2, 0.25) is 0 Å². The Morgan fingerprint density at radius 2 is 2.19 bits per heavy atom. The van der Waals surface area contributed by atoms with Crippen LogP contribution in [-0.2, 0) is 0 Å². The van der Waals surface area contributed by atoms with Crippen molar-refractivity contribution in [2.45, 2.75) is 31.6 Å². The zero-order valence-corrected chi connectivity index (χ0v) is 17.8. The van der Waals surface area contributed by atoms with Gasteiger partial charge in [-0.25, -0.2) is 6.08 Å². The molecule has 0 aliphatic heterocycles. The molecule has 0 aromatic heterocycles. The molecule has 1 nitrogen and oxygen atoms in total. The number of hydrogen-bond acceptors (Lipinski definition) is 1. The van der Waals surface area contributed by atoms with E-state index in [-0.39, 0.29) is 62.2 Å². The maximum Gasteiger partial charge on any atom is 0 e. The Morgan fingerprint density at radius 1 is 1.50 bits per heavy atom. The third kappa shape index (κ3) is 4.62. The molecule has 0 saturated heterocycles. The monoisotopic (exact) mass is 661 g/mol. The summed E-state index contributed by atoms with van der Waals surface area (Å²) in [5.74, 6) is 1.13. The van der Waals surface area contributed by atoms with Crippen LogP contribution in [-0.4, -0.2) is 0 Å². The predicted octanol–water partition coefficient (Wildman–Crippen LogP) is 2.74. The molecule has 1 fully saturated rings. The molecular weight excluding hydrogens is 646 g/mol. The first kappa shape index (κ1) is 16.9. The van der Waals surface area contributed by atoms with E-state index in [9.17, 15) is 0 Å². The van der Waals surface area contributed by atoms with Gasteiger partial charge in [-0.05, 0) is 18.8 Å². The van der Waals surface area contributed by atoms with Crippen LogP contribution in [0.1, 0.15) is 42.7 Å². The van der Waals surface area contributed by atoms with Crippen LogP contribution in [0.5, 0.6) is 0 Å². The Morgan fingerprint density at radius 3 is 2.75 bits per heavy atom. The van der Waals surface area contributed by atoms with Crippen molar-refractivity contribution in [3.63, 3.8) is 0 Å². The normalized spacial score (nSPS) is 16.3. The fourth-order valence-electron chi connectivity index (χ4n) is 1.66. The Kier molecular flexibility index (Phi) is 8.49. The van der Waals surface area contributed by atoms with E-state index in [1.807, 2.05) is 12.1 Å². The van der Waals surface area contributed by atoms with E-state index >= 15 is 0 Å². The molecule has 1 aromatic rings. The molecule has 1 aliphatic rings. The SMILES string of the molecule is CC(C=[C-]N)c1cc[c-]c(C2CC2)c1.[U].[U]. The Balaban J connectivity index is 0.00000112. The molecule has 1 unspecified atom stereocenters. The number of benzene rings is 1. The summed E-state index contributed by atoms with van der Waals surface area (Å²) in [7, 11) is 0. The van der Waals surface area contributed by atoms with E-state index < -0.39 is 0 Å². The van der Waals surface area contributed by atoms with Crippen LogP contribution < -0.4 is 5.73 Å². The molecule has 0 heterocycles. The molecule has 3 heteroatoms. The maximum atomic E-state index is 5.26. The fraction of sp³-hybridized carbons (Fsp3) is 0.385. The van der Waals surface area contributed by atoms with Crippen LogP contribution in [0, 0.1) is 74.5 Å². The van der Waals surface area contributed by atoms with E-state index in [4.69, 9.17) is 5.73 Å². The summed E-state index contributed by atoms with van der Waals surface area (Å²) >= 11 is 0. The van der Waals surface area contributed by atoms with E-state index in [0.717, 1.165) is 5.92 Å². The van der Waals surface area contributed by atoms with Crippen molar-refractivity contribution in [2.75, 3.05) is 0 Å². The molecule has 0 radical (unpaired) electrons. The standard InChI is InChI=1S/C13H15N.2U/c1-10(7-8-14)12-3-2-4-13(9-12)11-5-6-11;;/h2-3,7,9-11H,5-6,14H2,1H3;;/q-2;;. The summed E-state index contributed by atoms with van der Waals surface area (Å²) in [5, 5.41) is 0. The minimum absolute atomic E-state index is 0. The van der Waals surface area contributed by atoms with Gasteiger partial charge in [-0.2, -0.15) is 35.4 Å². The molecule has 82 valence electrons. The quantitative estimate of drug-likeness (QED) is 0.392. The summed E-state index contributed by atoms with van der Waals surface area (Å²) in [6, 6.07) is 9.67. The van der Waals surface area contributed by atoms with Gasteiger partial charge in [0, 0.05) is 62.2 Å². The molecule has 1 saturated carbocycles. The van der Waals surface area contributed by atoms with Crippen molar-refractivity contribution in [3.05, 3.63) is 47.7 Å². The molecule has 0 spiro atoms. The average Bonchev–Trinajstić information content (AvgIpc) is 3.02. The van der Waals surface area contributed by atoms with E-state index in [2.05, 4.69) is 31.3 Å². The van der Waals surface area contributed by atoms with Crippen LogP contribution in [0.2, 0.25) is 0 Å². The van der Waals surface area contributed by atoms with Gasteiger partial charge in [0.25, 0.3) is 0 Å². The molecule has 1 aromatic carbocycles. The number of hydrogen-bond donors (Lipinski definition) is 1. The van der Waals surface area contributed by atoms with Gasteiger partial charge in [0.15, 0.2) is 0 Å². The van der Waals surface area contributed by atoms with Crippen LogP contribution in [0.3, 0.4) is 0 Å². The average molecular weight is 661 g/mol. The molecule has 2 rings (SSSR count). The van der Waals surface area contributed by atoms with Crippen molar-refractivity contribution >= 4 is 0 Å². The largest absolute Gasteiger partial charge is 0.580 e.